The number of benzene rings is 1. The molecule has 1 amide bonds. The van der Waals surface area contributed by atoms with Crippen LogP contribution in [0.15, 0.2) is 40.8 Å². The van der Waals surface area contributed by atoms with E-state index in [4.69, 9.17) is 21.1 Å². The van der Waals surface area contributed by atoms with E-state index in [0.29, 0.717) is 10.8 Å². The molecule has 2 aromatic rings. The Bertz CT molecular complexity index is 724. The number of aromatic carboxylic acids is 1. The van der Waals surface area contributed by atoms with Crippen LogP contribution in [0, 0.1) is 5.92 Å². The molecule has 1 heterocycles. The average molecular weight is 320 g/mol. The van der Waals surface area contributed by atoms with Crippen molar-refractivity contribution >= 4 is 23.5 Å². The van der Waals surface area contributed by atoms with Gasteiger partial charge >= 0.3 is 5.97 Å². The van der Waals surface area contributed by atoms with Crippen molar-refractivity contribution in [2.24, 2.45) is 5.92 Å². The molecule has 2 atom stereocenters. The summed E-state index contributed by atoms with van der Waals surface area (Å²) >= 11 is 6.13. The molecule has 1 saturated carbocycles. The van der Waals surface area contributed by atoms with Gasteiger partial charge in [0.1, 0.15) is 5.76 Å². The van der Waals surface area contributed by atoms with Gasteiger partial charge in [0.15, 0.2) is 0 Å². The Labute approximate surface area is 131 Å². The predicted molar refractivity (Wildman–Crippen MR) is 79.8 cm³/mol. The van der Waals surface area contributed by atoms with Crippen LogP contribution >= 0.6 is 11.6 Å². The maximum atomic E-state index is 12.1. The fraction of sp³-hybridized carbons (Fsp3) is 0.250. The SMILES string of the molecule is O=C(O)c1ccc(CNC(=O)C2CC2c2ccccc2Cl)o1. The van der Waals surface area contributed by atoms with Crippen LogP contribution in [0.4, 0.5) is 0 Å². The van der Waals surface area contributed by atoms with Gasteiger partial charge in [-0.15, -0.1) is 0 Å². The maximum Gasteiger partial charge on any atom is 0.371 e. The quantitative estimate of drug-likeness (QED) is 0.887. The summed E-state index contributed by atoms with van der Waals surface area (Å²) in [5, 5.41) is 12.2. The van der Waals surface area contributed by atoms with Crippen LogP contribution in [-0.2, 0) is 11.3 Å². The van der Waals surface area contributed by atoms with Crippen LogP contribution in [0.3, 0.4) is 0 Å². The van der Waals surface area contributed by atoms with E-state index in [2.05, 4.69) is 5.32 Å². The van der Waals surface area contributed by atoms with E-state index >= 15 is 0 Å². The smallest absolute Gasteiger partial charge is 0.371 e. The number of amides is 1. The summed E-state index contributed by atoms with van der Waals surface area (Å²) < 4.78 is 5.09. The van der Waals surface area contributed by atoms with Crippen LogP contribution in [-0.4, -0.2) is 17.0 Å². The topological polar surface area (TPSA) is 79.5 Å². The highest BCUT2D eigenvalue weighted by Crippen LogP contribution is 2.49. The van der Waals surface area contributed by atoms with Gasteiger partial charge in [0.25, 0.3) is 0 Å². The van der Waals surface area contributed by atoms with E-state index in [0.717, 1.165) is 12.0 Å². The van der Waals surface area contributed by atoms with Crippen molar-refractivity contribution in [2.45, 2.75) is 18.9 Å². The third-order valence-electron chi connectivity index (χ3n) is 3.74. The summed E-state index contributed by atoms with van der Waals surface area (Å²) in [6, 6.07) is 10.4. The van der Waals surface area contributed by atoms with Crippen molar-refractivity contribution in [3.8, 4) is 0 Å². The van der Waals surface area contributed by atoms with E-state index < -0.39 is 5.97 Å². The zero-order valence-corrected chi connectivity index (χ0v) is 12.3. The van der Waals surface area contributed by atoms with Crippen LogP contribution in [0.5, 0.6) is 0 Å². The van der Waals surface area contributed by atoms with Gasteiger partial charge in [-0.25, -0.2) is 4.79 Å². The Kier molecular flexibility index (Phi) is 3.90. The third-order valence-corrected chi connectivity index (χ3v) is 4.09. The highest BCUT2D eigenvalue weighted by atomic mass is 35.5. The number of carboxylic acids is 1. The predicted octanol–water partition coefficient (Wildman–Crippen LogP) is 3.05. The second kappa shape index (κ2) is 5.85. The molecule has 0 aliphatic heterocycles. The minimum atomic E-state index is -1.13. The van der Waals surface area contributed by atoms with Gasteiger partial charge in [0.2, 0.25) is 11.7 Å². The first-order chi connectivity index (χ1) is 10.6. The standard InChI is InChI=1S/C16H14ClNO4/c17-13-4-2-1-3-10(13)11-7-12(11)15(19)18-8-9-5-6-14(22-9)16(20)21/h1-6,11-12H,7-8H2,(H,18,19)(H,20,21). The second-order valence-electron chi connectivity index (χ2n) is 5.26. The lowest BCUT2D eigenvalue weighted by atomic mass is 10.1. The summed E-state index contributed by atoms with van der Waals surface area (Å²) in [6.45, 7) is 0.178. The number of carbonyl (C=O) groups excluding carboxylic acids is 1. The molecule has 1 aliphatic rings. The summed E-state index contributed by atoms with van der Waals surface area (Å²) in [7, 11) is 0. The summed E-state index contributed by atoms with van der Waals surface area (Å²) in [5.74, 6) is -0.851. The van der Waals surface area contributed by atoms with Gasteiger partial charge in [0.05, 0.1) is 6.54 Å². The van der Waals surface area contributed by atoms with Crippen molar-refractivity contribution in [3.05, 3.63) is 58.5 Å². The first-order valence-corrected chi connectivity index (χ1v) is 7.28. The highest BCUT2D eigenvalue weighted by Gasteiger charge is 2.44. The number of nitrogens with one attached hydrogen (secondary N) is 1. The van der Waals surface area contributed by atoms with Crippen molar-refractivity contribution in [2.75, 3.05) is 0 Å². The first-order valence-electron chi connectivity index (χ1n) is 6.90. The fourth-order valence-corrected chi connectivity index (χ4v) is 2.77. The van der Waals surface area contributed by atoms with Gasteiger partial charge in [-0.05, 0) is 36.1 Å². The normalized spacial score (nSPS) is 19.7. The second-order valence-corrected chi connectivity index (χ2v) is 5.67. The Hall–Kier alpha value is -2.27. The molecule has 1 aromatic heterocycles. The number of halogens is 1. The number of hydrogen-bond donors (Lipinski definition) is 2. The van der Waals surface area contributed by atoms with Crippen LogP contribution in [0.2, 0.25) is 5.02 Å². The summed E-state index contributed by atoms with van der Waals surface area (Å²) in [5.41, 5.74) is 0.996. The molecule has 3 rings (SSSR count). The largest absolute Gasteiger partial charge is 0.475 e. The molecule has 6 heteroatoms. The number of carbonyl (C=O) groups is 2. The van der Waals surface area contributed by atoms with E-state index in [9.17, 15) is 9.59 Å². The maximum absolute atomic E-state index is 12.1. The van der Waals surface area contributed by atoms with Gasteiger partial charge in [-0.1, -0.05) is 29.8 Å². The molecule has 0 saturated heterocycles. The Morgan fingerprint density at radius 1 is 1.27 bits per heavy atom. The molecule has 0 spiro atoms. The van der Waals surface area contributed by atoms with Gasteiger partial charge in [-0.2, -0.15) is 0 Å². The third kappa shape index (κ3) is 2.99. The van der Waals surface area contributed by atoms with Crippen molar-refractivity contribution in [3.63, 3.8) is 0 Å². The molecule has 0 radical (unpaired) electrons. The van der Waals surface area contributed by atoms with Crippen molar-refractivity contribution in [1.82, 2.24) is 5.32 Å². The molecule has 0 bridgehead atoms. The molecule has 5 nitrogen and oxygen atoms in total. The lowest BCUT2D eigenvalue weighted by molar-refractivity contribution is -0.122. The zero-order chi connectivity index (χ0) is 15.7. The molecule has 1 aromatic carbocycles. The number of hydrogen-bond acceptors (Lipinski definition) is 3. The highest BCUT2D eigenvalue weighted by molar-refractivity contribution is 6.31. The zero-order valence-electron chi connectivity index (χ0n) is 11.6. The lowest BCUT2D eigenvalue weighted by Gasteiger charge is -2.04. The van der Waals surface area contributed by atoms with E-state index in [1.165, 1.54) is 6.07 Å². The van der Waals surface area contributed by atoms with E-state index in [-0.39, 0.29) is 30.0 Å². The molecule has 1 aliphatic carbocycles. The fourth-order valence-electron chi connectivity index (χ4n) is 2.50. The van der Waals surface area contributed by atoms with Gasteiger partial charge in [-0.3, -0.25) is 4.79 Å². The minimum absolute atomic E-state index is 0.0711. The molecule has 1 fully saturated rings. The Morgan fingerprint density at radius 3 is 2.73 bits per heavy atom. The molecular formula is C16H14ClNO4. The lowest BCUT2D eigenvalue weighted by Crippen LogP contribution is -2.24. The summed E-state index contributed by atoms with van der Waals surface area (Å²) in [4.78, 5) is 22.8. The summed E-state index contributed by atoms with van der Waals surface area (Å²) in [6.07, 6.45) is 0.772. The van der Waals surface area contributed by atoms with Gasteiger partial charge < -0.3 is 14.8 Å². The number of rotatable bonds is 5. The molecular weight excluding hydrogens is 306 g/mol. The first kappa shape index (κ1) is 14.7. The number of furan rings is 1. The van der Waals surface area contributed by atoms with Crippen LogP contribution in [0.1, 0.15) is 34.2 Å². The van der Waals surface area contributed by atoms with E-state index in [1.807, 2.05) is 24.3 Å². The van der Waals surface area contributed by atoms with Crippen molar-refractivity contribution < 1.29 is 19.1 Å². The minimum Gasteiger partial charge on any atom is -0.475 e. The Morgan fingerprint density at radius 2 is 2.05 bits per heavy atom. The monoisotopic (exact) mass is 319 g/mol. The molecule has 22 heavy (non-hydrogen) atoms. The average Bonchev–Trinajstić information content (AvgIpc) is 3.14. The van der Waals surface area contributed by atoms with Gasteiger partial charge in [0, 0.05) is 10.9 Å². The van der Waals surface area contributed by atoms with Crippen molar-refractivity contribution in [1.29, 1.82) is 0 Å². The Balaban J connectivity index is 1.55. The van der Waals surface area contributed by atoms with E-state index in [1.54, 1.807) is 6.07 Å². The molecule has 2 N–H and O–H groups in total. The van der Waals surface area contributed by atoms with Crippen LogP contribution in [0.25, 0.3) is 0 Å². The number of carboxylic acid groups (broad SMARTS) is 1. The van der Waals surface area contributed by atoms with Crippen LogP contribution < -0.4 is 5.32 Å². The molecule has 2 unspecified atom stereocenters. The molecule has 114 valence electrons.